The standard InChI is InChI=1S/C11H11NO3/c13-9-12(7-10-3-1-5-14-10)8-11-4-2-6-15-11/h1-6,9H,7-8H2. The van der Waals surface area contributed by atoms with E-state index in [1.165, 1.54) is 0 Å². The average Bonchev–Trinajstić information content (AvgIpc) is 2.89. The molecule has 0 spiro atoms. The van der Waals surface area contributed by atoms with Crippen molar-refractivity contribution in [1.82, 2.24) is 4.90 Å². The van der Waals surface area contributed by atoms with Gasteiger partial charge in [-0.05, 0) is 24.3 Å². The molecule has 2 rings (SSSR count). The first-order valence-corrected chi connectivity index (χ1v) is 4.62. The summed E-state index contributed by atoms with van der Waals surface area (Å²) >= 11 is 0. The topological polar surface area (TPSA) is 46.6 Å². The summed E-state index contributed by atoms with van der Waals surface area (Å²) in [6.07, 6.45) is 3.96. The molecule has 2 heterocycles. The first-order chi connectivity index (χ1) is 7.38. The summed E-state index contributed by atoms with van der Waals surface area (Å²) in [4.78, 5) is 12.4. The highest BCUT2D eigenvalue weighted by Crippen LogP contribution is 2.08. The van der Waals surface area contributed by atoms with E-state index in [1.807, 2.05) is 12.1 Å². The molecular formula is C11H11NO3. The average molecular weight is 205 g/mol. The van der Waals surface area contributed by atoms with Crippen LogP contribution in [0, 0.1) is 0 Å². The number of carbonyl (C=O) groups is 1. The van der Waals surface area contributed by atoms with Crippen molar-refractivity contribution in [2.75, 3.05) is 0 Å². The minimum Gasteiger partial charge on any atom is -0.467 e. The molecule has 0 fully saturated rings. The van der Waals surface area contributed by atoms with Gasteiger partial charge >= 0.3 is 0 Å². The number of hydrogen-bond donors (Lipinski definition) is 0. The molecule has 4 nitrogen and oxygen atoms in total. The Labute approximate surface area is 87.1 Å². The molecule has 0 aliphatic carbocycles. The Bertz CT molecular complexity index is 355. The summed E-state index contributed by atoms with van der Waals surface area (Å²) in [6.45, 7) is 0.911. The van der Waals surface area contributed by atoms with Crippen LogP contribution in [0.5, 0.6) is 0 Å². The Morgan fingerprint density at radius 1 is 1.07 bits per heavy atom. The van der Waals surface area contributed by atoms with Gasteiger partial charge in [0.05, 0.1) is 25.6 Å². The second-order valence-electron chi connectivity index (χ2n) is 3.17. The lowest BCUT2D eigenvalue weighted by molar-refractivity contribution is -0.119. The second kappa shape index (κ2) is 4.50. The van der Waals surface area contributed by atoms with E-state index in [0.717, 1.165) is 17.9 Å². The summed E-state index contributed by atoms with van der Waals surface area (Å²) < 4.78 is 10.3. The molecular weight excluding hydrogens is 194 g/mol. The predicted octanol–water partition coefficient (Wildman–Crippen LogP) is 2.03. The van der Waals surface area contributed by atoms with Gasteiger partial charge in [-0.15, -0.1) is 0 Å². The van der Waals surface area contributed by atoms with Crippen LogP contribution in [0.3, 0.4) is 0 Å². The Morgan fingerprint density at radius 2 is 1.60 bits per heavy atom. The molecule has 2 aromatic rings. The lowest BCUT2D eigenvalue weighted by Gasteiger charge is -2.13. The lowest BCUT2D eigenvalue weighted by atomic mass is 10.3. The molecule has 15 heavy (non-hydrogen) atoms. The van der Waals surface area contributed by atoms with E-state index >= 15 is 0 Å². The minimum absolute atomic E-state index is 0.456. The molecule has 0 atom stereocenters. The van der Waals surface area contributed by atoms with E-state index in [9.17, 15) is 4.79 Å². The molecule has 4 heteroatoms. The highest BCUT2D eigenvalue weighted by Gasteiger charge is 2.07. The predicted molar refractivity (Wildman–Crippen MR) is 52.7 cm³/mol. The van der Waals surface area contributed by atoms with Gasteiger partial charge in [0.15, 0.2) is 0 Å². The Balaban J connectivity index is 1.96. The van der Waals surface area contributed by atoms with Crippen LogP contribution in [-0.2, 0) is 17.9 Å². The third kappa shape index (κ3) is 2.49. The third-order valence-electron chi connectivity index (χ3n) is 2.03. The summed E-state index contributed by atoms with van der Waals surface area (Å²) in [6, 6.07) is 7.26. The number of hydrogen-bond acceptors (Lipinski definition) is 3. The fourth-order valence-corrected chi connectivity index (χ4v) is 1.34. The van der Waals surface area contributed by atoms with Crippen molar-refractivity contribution < 1.29 is 13.6 Å². The van der Waals surface area contributed by atoms with Crippen molar-refractivity contribution in [2.45, 2.75) is 13.1 Å². The van der Waals surface area contributed by atoms with E-state index < -0.39 is 0 Å². The monoisotopic (exact) mass is 205 g/mol. The summed E-state index contributed by atoms with van der Waals surface area (Å²) in [7, 11) is 0. The largest absolute Gasteiger partial charge is 0.467 e. The fourth-order valence-electron chi connectivity index (χ4n) is 1.34. The van der Waals surface area contributed by atoms with Gasteiger partial charge in [-0.25, -0.2) is 0 Å². The van der Waals surface area contributed by atoms with Gasteiger partial charge in [-0.3, -0.25) is 4.79 Å². The van der Waals surface area contributed by atoms with Crippen LogP contribution in [0.2, 0.25) is 0 Å². The normalized spacial score (nSPS) is 10.1. The van der Waals surface area contributed by atoms with E-state index in [0.29, 0.717) is 13.1 Å². The van der Waals surface area contributed by atoms with E-state index in [4.69, 9.17) is 8.83 Å². The maximum Gasteiger partial charge on any atom is 0.210 e. The fraction of sp³-hybridized carbons (Fsp3) is 0.182. The summed E-state index contributed by atoms with van der Waals surface area (Å²) in [5, 5.41) is 0. The maximum atomic E-state index is 10.8. The highest BCUT2D eigenvalue weighted by atomic mass is 16.3. The van der Waals surface area contributed by atoms with Crippen LogP contribution < -0.4 is 0 Å². The Morgan fingerprint density at radius 3 is 1.93 bits per heavy atom. The molecule has 78 valence electrons. The molecule has 0 aromatic carbocycles. The zero-order valence-electron chi connectivity index (χ0n) is 8.13. The Kier molecular flexibility index (Phi) is 2.88. The van der Waals surface area contributed by atoms with Crippen LogP contribution in [-0.4, -0.2) is 11.3 Å². The van der Waals surface area contributed by atoms with Gasteiger partial charge in [0.25, 0.3) is 0 Å². The summed E-state index contributed by atoms with van der Waals surface area (Å²) in [5.41, 5.74) is 0. The van der Waals surface area contributed by atoms with E-state index in [1.54, 1.807) is 29.6 Å². The number of furan rings is 2. The number of amides is 1. The molecule has 0 radical (unpaired) electrons. The van der Waals surface area contributed by atoms with Crippen molar-refractivity contribution >= 4 is 6.41 Å². The maximum absolute atomic E-state index is 10.8. The molecule has 0 saturated carbocycles. The second-order valence-corrected chi connectivity index (χ2v) is 3.17. The van der Waals surface area contributed by atoms with Crippen LogP contribution in [0.1, 0.15) is 11.5 Å². The molecule has 0 aliphatic rings. The number of nitrogens with zero attached hydrogens (tertiary/aromatic N) is 1. The summed E-state index contributed by atoms with van der Waals surface area (Å²) in [5.74, 6) is 1.52. The van der Waals surface area contributed by atoms with Gasteiger partial charge in [-0.1, -0.05) is 0 Å². The molecule has 0 N–H and O–H groups in total. The van der Waals surface area contributed by atoms with Crippen LogP contribution in [0.15, 0.2) is 45.6 Å². The van der Waals surface area contributed by atoms with Gasteiger partial charge in [0.1, 0.15) is 11.5 Å². The zero-order valence-corrected chi connectivity index (χ0v) is 8.13. The van der Waals surface area contributed by atoms with Gasteiger partial charge in [0.2, 0.25) is 6.41 Å². The third-order valence-corrected chi connectivity index (χ3v) is 2.03. The number of carbonyl (C=O) groups excluding carboxylic acids is 1. The van der Waals surface area contributed by atoms with Gasteiger partial charge < -0.3 is 13.7 Å². The van der Waals surface area contributed by atoms with Gasteiger partial charge in [0, 0.05) is 0 Å². The lowest BCUT2D eigenvalue weighted by Crippen LogP contribution is -2.20. The van der Waals surface area contributed by atoms with Crippen LogP contribution in [0.4, 0.5) is 0 Å². The quantitative estimate of drug-likeness (QED) is 0.701. The van der Waals surface area contributed by atoms with Crippen molar-refractivity contribution in [1.29, 1.82) is 0 Å². The first kappa shape index (κ1) is 9.58. The minimum atomic E-state index is 0.456. The van der Waals surface area contributed by atoms with Crippen molar-refractivity contribution in [3.63, 3.8) is 0 Å². The molecule has 0 saturated heterocycles. The zero-order chi connectivity index (χ0) is 10.5. The number of rotatable bonds is 5. The van der Waals surface area contributed by atoms with Crippen molar-refractivity contribution in [3.8, 4) is 0 Å². The Hall–Kier alpha value is -1.97. The van der Waals surface area contributed by atoms with Crippen LogP contribution >= 0.6 is 0 Å². The molecule has 0 bridgehead atoms. The van der Waals surface area contributed by atoms with E-state index in [-0.39, 0.29) is 0 Å². The van der Waals surface area contributed by atoms with Gasteiger partial charge in [-0.2, -0.15) is 0 Å². The highest BCUT2D eigenvalue weighted by molar-refractivity contribution is 5.47. The molecule has 0 unspecified atom stereocenters. The SMILES string of the molecule is O=CN(Cc1ccco1)Cc1ccco1. The van der Waals surface area contributed by atoms with E-state index in [2.05, 4.69) is 0 Å². The molecule has 0 aliphatic heterocycles. The first-order valence-electron chi connectivity index (χ1n) is 4.62. The van der Waals surface area contributed by atoms with Crippen LogP contribution in [0.25, 0.3) is 0 Å². The van der Waals surface area contributed by atoms with Crippen molar-refractivity contribution in [3.05, 3.63) is 48.3 Å². The van der Waals surface area contributed by atoms with Crippen molar-refractivity contribution in [2.24, 2.45) is 0 Å². The molecule has 2 aromatic heterocycles. The smallest absolute Gasteiger partial charge is 0.210 e. The molecule has 1 amide bonds.